The van der Waals surface area contributed by atoms with E-state index in [1.54, 1.807) is 0 Å². The van der Waals surface area contributed by atoms with E-state index in [1.807, 2.05) is 6.92 Å². The van der Waals surface area contributed by atoms with Crippen LogP contribution in [0.5, 0.6) is 0 Å². The Morgan fingerprint density at radius 3 is 1.93 bits per heavy atom. The number of rotatable bonds is 8. The van der Waals surface area contributed by atoms with Crippen molar-refractivity contribution < 1.29 is 8.78 Å². The summed E-state index contributed by atoms with van der Waals surface area (Å²) in [5, 5.41) is 0. The van der Waals surface area contributed by atoms with Crippen LogP contribution in [0.3, 0.4) is 0 Å². The normalized spacial score (nSPS) is 30.3. The first-order chi connectivity index (χ1) is 13.5. The van der Waals surface area contributed by atoms with Crippen LogP contribution >= 0.6 is 0 Å². The van der Waals surface area contributed by atoms with Crippen LogP contribution in [0.4, 0.5) is 8.78 Å². The van der Waals surface area contributed by atoms with Crippen LogP contribution in [0, 0.1) is 23.7 Å². The topological polar surface area (TPSA) is 0 Å². The van der Waals surface area contributed by atoms with Crippen LogP contribution < -0.4 is 0 Å². The third-order valence-corrected chi connectivity index (χ3v) is 7.62. The van der Waals surface area contributed by atoms with Gasteiger partial charge in [-0.2, -0.15) is 0 Å². The molecule has 3 rings (SSSR count). The molecule has 1 aromatic rings. The van der Waals surface area contributed by atoms with Crippen molar-refractivity contribution in [1.82, 2.24) is 0 Å². The third kappa shape index (κ3) is 5.80. The van der Waals surface area contributed by atoms with Crippen LogP contribution in [0.15, 0.2) is 24.3 Å². The van der Waals surface area contributed by atoms with Gasteiger partial charge in [-0.1, -0.05) is 63.8 Å². The molecule has 1 aromatic carbocycles. The minimum Gasteiger partial charge on any atom is -0.207 e. The summed E-state index contributed by atoms with van der Waals surface area (Å²) in [4.78, 5) is 0. The van der Waals surface area contributed by atoms with E-state index in [-0.39, 0.29) is 18.3 Å². The van der Waals surface area contributed by atoms with Crippen LogP contribution in [0.25, 0.3) is 0 Å². The molecular formula is C26H40F2. The van der Waals surface area contributed by atoms with E-state index in [1.165, 1.54) is 62.5 Å². The predicted molar refractivity (Wildman–Crippen MR) is 115 cm³/mol. The first-order valence-corrected chi connectivity index (χ1v) is 12.0. The third-order valence-electron chi connectivity index (χ3n) is 7.62. The Kier molecular flexibility index (Phi) is 7.94. The second-order valence-electron chi connectivity index (χ2n) is 9.67. The lowest BCUT2D eigenvalue weighted by Crippen LogP contribution is -2.38. The van der Waals surface area contributed by atoms with Gasteiger partial charge in [-0.3, -0.25) is 0 Å². The summed E-state index contributed by atoms with van der Waals surface area (Å²) in [5.41, 5.74) is 2.90. The Balaban J connectivity index is 1.41. The Bertz CT molecular complexity index is 569. The Hall–Kier alpha value is -0.920. The molecule has 0 heterocycles. The largest absolute Gasteiger partial charge is 0.251 e. The fourth-order valence-corrected chi connectivity index (χ4v) is 5.83. The SMILES string of the molecule is CCCc1ccc(CCC2CCC(C3CCC(CCC)C(F)(F)C3)CC2)cc1. The summed E-state index contributed by atoms with van der Waals surface area (Å²) in [6, 6.07) is 9.16. The van der Waals surface area contributed by atoms with Crippen molar-refractivity contribution in [3.05, 3.63) is 35.4 Å². The molecule has 2 saturated carbocycles. The van der Waals surface area contributed by atoms with E-state index in [0.29, 0.717) is 12.3 Å². The molecule has 2 heteroatoms. The van der Waals surface area contributed by atoms with E-state index in [9.17, 15) is 8.78 Å². The first-order valence-electron chi connectivity index (χ1n) is 12.0. The lowest BCUT2D eigenvalue weighted by atomic mass is 9.67. The summed E-state index contributed by atoms with van der Waals surface area (Å²) in [7, 11) is 0. The maximum Gasteiger partial charge on any atom is 0.251 e. The lowest BCUT2D eigenvalue weighted by Gasteiger charge is -2.41. The van der Waals surface area contributed by atoms with Crippen LogP contribution in [0.2, 0.25) is 0 Å². The molecule has 28 heavy (non-hydrogen) atoms. The average molecular weight is 391 g/mol. The summed E-state index contributed by atoms with van der Waals surface area (Å²) < 4.78 is 29.0. The van der Waals surface area contributed by atoms with Crippen molar-refractivity contribution in [3.8, 4) is 0 Å². The number of aryl methyl sites for hydroxylation is 2. The van der Waals surface area contributed by atoms with Gasteiger partial charge >= 0.3 is 0 Å². The minimum atomic E-state index is -2.42. The van der Waals surface area contributed by atoms with Crippen LogP contribution in [-0.2, 0) is 12.8 Å². The Morgan fingerprint density at radius 2 is 1.36 bits per heavy atom. The van der Waals surface area contributed by atoms with Crippen LogP contribution in [-0.4, -0.2) is 5.92 Å². The highest BCUT2D eigenvalue weighted by atomic mass is 19.3. The molecule has 0 aliphatic heterocycles. The zero-order chi connectivity index (χ0) is 20.0. The van der Waals surface area contributed by atoms with Gasteiger partial charge in [0.15, 0.2) is 0 Å². The van der Waals surface area contributed by atoms with Crippen molar-refractivity contribution in [3.63, 3.8) is 0 Å². The molecule has 0 aromatic heterocycles. The molecule has 2 unspecified atom stereocenters. The van der Waals surface area contributed by atoms with Gasteiger partial charge in [-0.15, -0.1) is 0 Å². The van der Waals surface area contributed by atoms with E-state index < -0.39 is 5.92 Å². The second-order valence-corrected chi connectivity index (χ2v) is 9.67. The van der Waals surface area contributed by atoms with Crippen molar-refractivity contribution in [2.75, 3.05) is 0 Å². The lowest BCUT2D eigenvalue weighted by molar-refractivity contribution is -0.115. The van der Waals surface area contributed by atoms with Gasteiger partial charge in [-0.05, 0) is 80.2 Å². The number of benzene rings is 1. The van der Waals surface area contributed by atoms with Crippen molar-refractivity contribution in [2.45, 2.75) is 103 Å². The predicted octanol–water partition coefficient (Wildman–Crippen LogP) is 8.23. The highest BCUT2D eigenvalue weighted by molar-refractivity contribution is 5.22. The molecule has 2 aliphatic carbocycles. The van der Waals surface area contributed by atoms with Gasteiger partial charge in [0.25, 0.3) is 5.92 Å². The monoisotopic (exact) mass is 390 g/mol. The molecular weight excluding hydrogens is 350 g/mol. The van der Waals surface area contributed by atoms with Gasteiger partial charge in [0, 0.05) is 12.3 Å². The summed E-state index contributed by atoms with van der Waals surface area (Å²) in [6.45, 7) is 4.26. The summed E-state index contributed by atoms with van der Waals surface area (Å²) >= 11 is 0. The summed E-state index contributed by atoms with van der Waals surface area (Å²) in [5.74, 6) is -1.15. The smallest absolute Gasteiger partial charge is 0.207 e. The van der Waals surface area contributed by atoms with Crippen molar-refractivity contribution in [1.29, 1.82) is 0 Å². The van der Waals surface area contributed by atoms with Gasteiger partial charge in [0.1, 0.15) is 0 Å². The maximum atomic E-state index is 14.5. The molecule has 0 spiro atoms. The summed E-state index contributed by atoms with van der Waals surface area (Å²) in [6.07, 6.45) is 13.2. The van der Waals surface area contributed by atoms with Gasteiger partial charge in [-0.25, -0.2) is 8.78 Å². The second kappa shape index (κ2) is 10.2. The number of alkyl halides is 2. The van der Waals surface area contributed by atoms with E-state index in [4.69, 9.17) is 0 Å². The molecule has 0 amide bonds. The van der Waals surface area contributed by atoms with Gasteiger partial charge in [0.2, 0.25) is 0 Å². The van der Waals surface area contributed by atoms with E-state index in [0.717, 1.165) is 25.2 Å². The van der Waals surface area contributed by atoms with Gasteiger partial charge < -0.3 is 0 Å². The standard InChI is InChI=1S/C26H40F2/c1-3-5-20-7-9-21(10-8-20)11-12-22-13-15-23(16-14-22)24-17-18-25(6-4-2)26(27,28)19-24/h7-10,22-25H,3-6,11-19H2,1-2H3. The van der Waals surface area contributed by atoms with Crippen molar-refractivity contribution in [2.24, 2.45) is 23.7 Å². The maximum absolute atomic E-state index is 14.5. The van der Waals surface area contributed by atoms with Crippen molar-refractivity contribution >= 4 is 0 Å². The average Bonchev–Trinajstić information content (AvgIpc) is 2.69. The highest BCUT2D eigenvalue weighted by Gasteiger charge is 2.46. The Morgan fingerprint density at radius 1 is 0.750 bits per heavy atom. The fraction of sp³-hybridized carbons (Fsp3) is 0.769. The molecule has 0 bridgehead atoms. The quantitative estimate of drug-likeness (QED) is 0.419. The molecule has 0 N–H and O–H groups in total. The fourth-order valence-electron chi connectivity index (χ4n) is 5.83. The van der Waals surface area contributed by atoms with E-state index in [2.05, 4.69) is 31.2 Å². The molecule has 2 fully saturated rings. The molecule has 158 valence electrons. The Labute approximate surface area is 171 Å². The molecule has 2 aliphatic rings. The zero-order valence-corrected chi connectivity index (χ0v) is 18.1. The molecule has 2 atom stereocenters. The molecule has 0 nitrogen and oxygen atoms in total. The number of hydrogen-bond acceptors (Lipinski definition) is 0. The number of hydrogen-bond donors (Lipinski definition) is 0. The highest BCUT2D eigenvalue weighted by Crippen LogP contribution is 2.49. The molecule has 0 radical (unpaired) electrons. The number of halogens is 2. The van der Waals surface area contributed by atoms with Crippen LogP contribution in [0.1, 0.15) is 95.6 Å². The zero-order valence-electron chi connectivity index (χ0n) is 18.1. The minimum absolute atomic E-state index is 0.164. The molecule has 0 saturated heterocycles. The van der Waals surface area contributed by atoms with Gasteiger partial charge in [0.05, 0.1) is 0 Å². The first kappa shape index (κ1) is 21.8. The van der Waals surface area contributed by atoms with E-state index >= 15 is 0 Å².